The normalized spacial score (nSPS) is 20.4. The molecule has 1 N–H and O–H groups in total. The molecular weight excluding hydrogens is 240 g/mol. The van der Waals surface area contributed by atoms with E-state index in [9.17, 15) is 4.79 Å². The molecule has 1 aliphatic heterocycles. The number of carbonyl (C=O) groups excluding carboxylic acids is 1. The molecule has 0 radical (unpaired) electrons. The number of nitrogens with zero attached hydrogens (tertiary/aromatic N) is 3. The number of hydrogen-bond donors (Lipinski definition) is 1. The van der Waals surface area contributed by atoms with E-state index in [0.29, 0.717) is 6.04 Å². The second-order valence-electron chi connectivity index (χ2n) is 5.24. The fourth-order valence-electron chi connectivity index (χ4n) is 2.63. The predicted molar refractivity (Wildman–Crippen MR) is 74.8 cm³/mol. The summed E-state index contributed by atoms with van der Waals surface area (Å²) in [6.07, 6.45) is 6.94. The average Bonchev–Trinajstić information content (AvgIpc) is 3.09. The number of amides is 1. The lowest BCUT2D eigenvalue weighted by molar-refractivity contribution is -0.135. The molecule has 1 aromatic rings. The van der Waals surface area contributed by atoms with Crippen LogP contribution in [0, 0.1) is 0 Å². The molecule has 1 aliphatic rings. The van der Waals surface area contributed by atoms with Crippen LogP contribution < -0.4 is 5.32 Å². The van der Waals surface area contributed by atoms with Crippen LogP contribution in [0.5, 0.6) is 0 Å². The second kappa shape index (κ2) is 6.70. The molecule has 19 heavy (non-hydrogen) atoms. The SMILES string of the molecule is CCCN(CC1CCCN1)C(=O)C(C)n1cccn1. The molecule has 5 nitrogen and oxygen atoms in total. The predicted octanol–water partition coefficient (Wildman–Crippen LogP) is 1.43. The minimum absolute atomic E-state index is 0.166. The average molecular weight is 264 g/mol. The molecule has 0 aromatic carbocycles. The highest BCUT2D eigenvalue weighted by Gasteiger charge is 2.25. The molecule has 1 saturated heterocycles. The van der Waals surface area contributed by atoms with E-state index >= 15 is 0 Å². The Kier molecular flexibility index (Phi) is 4.96. The Morgan fingerprint density at radius 1 is 1.63 bits per heavy atom. The van der Waals surface area contributed by atoms with Crippen molar-refractivity contribution >= 4 is 5.91 Å². The van der Waals surface area contributed by atoms with Crippen molar-refractivity contribution in [1.29, 1.82) is 0 Å². The first-order valence-electron chi connectivity index (χ1n) is 7.23. The number of carbonyl (C=O) groups is 1. The molecule has 0 spiro atoms. The molecule has 1 fully saturated rings. The van der Waals surface area contributed by atoms with Gasteiger partial charge in [0.05, 0.1) is 0 Å². The molecule has 0 aliphatic carbocycles. The van der Waals surface area contributed by atoms with Crippen molar-refractivity contribution in [2.24, 2.45) is 0 Å². The van der Waals surface area contributed by atoms with Gasteiger partial charge in [0.2, 0.25) is 5.91 Å². The maximum absolute atomic E-state index is 12.6. The summed E-state index contributed by atoms with van der Waals surface area (Å²) in [5.41, 5.74) is 0. The van der Waals surface area contributed by atoms with Crippen LogP contribution in [0.1, 0.15) is 39.2 Å². The lowest BCUT2D eigenvalue weighted by Crippen LogP contribution is -2.44. The summed E-state index contributed by atoms with van der Waals surface area (Å²) >= 11 is 0. The molecule has 106 valence electrons. The van der Waals surface area contributed by atoms with Gasteiger partial charge < -0.3 is 10.2 Å². The van der Waals surface area contributed by atoms with E-state index in [0.717, 1.165) is 26.1 Å². The van der Waals surface area contributed by atoms with Gasteiger partial charge in [-0.15, -0.1) is 0 Å². The van der Waals surface area contributed by atoms with Crippen molar-refractivity contribution in [3.8, 4) is 0 Å². The van der Waals surface area contributed by atoms with E-state index in [4.69, 9.17) is 0 Å². The maximum atomic E-state index is 12.6. The molecule has 2 rings (SSSR count). The van der Waals surface area contributed by atoms with Crippen molar-refractivity contribution in [3.63, 3.8) is 0 Å². The smallest absolute Gasteiger partial charge is 0.247 e. The minimum atomic E-state index is -0.219. The van der Waals surface area contributed by atoms with Crippen molar-refractivity contribution < 1.29 is 4.79 Å². The topological polar surface area (TPSA) is 50.2 Å². The van der Waals surface area contributed by atoms with Gasteiger partial charge in [-0.1, -0.05) is 6.92 Å². The fraction of sp³-hybridized carbons (Fsp3) is 0.714. The fourth-order valence-corrected chi connectivity index (χ4v) is 2.63. The van der Waals surface area contributed by atoms with Crippen molar-refractivity contribution in [2.75, 3.05) is 19.6 Å². The van der Waals surface area contributed by atoms with Gasteiger partial charge >= 0.3 is 0 Å². The first kappa shape index (κ1) is 14.1. The van der Waals surface area contributed by atoms with Gasteiger partial charge in [0.25, 0.3) is 0 Å². The third kappa shape index (κ3) is 3.56. The Labute approximate surface area is 115 Å². The summed E-state index contributed by atoms with van der Waals surface area (Å²) in [6, 6.07) is 2.09. The van der Waals surface area contributed by atoms with Gasteiger partial charge in [0.1, 0.15) is 6.04 Å². The van der Waals surface area contributed by atoms with Crippen molar-refractivity contribution in [3.05, 3.63) is 18.5 Å². The van der Waals surface area contributed by atoms with Crippen LogP contribution in [-0.4, -0.2) is 46.3 Å². The minimum Gasteiger partial charge on any atom is -0.339 e. The highest BCUT2D eigenvalue weighted by Crippen LogP contribution is 2.13. The van der Waals surface area contributed by atoms with E-state index in [-0.39, 0.29) is 11.9 Å². The largest absolute Gasteiger partial charge is 0.339 e. The highest BCUT2D eigenvalue weighted by molar-refractivity contribution is 5.80. The summed E-state index contributed by atoms with van der Waals surface area (Å²) in [7, 11) is 0. The standard InChI is InChI=1S/C14H24N4O/c1-3-9-17(11-13-6-4-7-15-13)14(19)12(2)18-10-5-8-16-18/h5,8,10,12-13,15H,3-4,6-7,9,11H2,1-2H3. The van der Waals surface area contributed by atoms with Gasteiger partial charge in [-0.25, -0.2) is 0 Å². The van der Waals surface area contributed by atoms with Gasteiger partial charge in [0, 0.05) is 31.5 Å². The molecular formula is C14H24N4O. The Morgan fingerprint density at radius 2 is 2.47 bits per heavy atom. The van der Waals surface area contributed by atoms with E-state index in [1.807, 2.05) is 24.1 Å². The third-order valence-electron chi connectivity index (χ3n) is 3.69. The van der Waals surface area contributed by atoms with Crippen LogP contribution in [0.3, 0.4) is 0 Å². The Bertz CT molecular complexity index is 384. The van der Waals surface area contributed by atoms with Crippen LogP contribution in [-0.2, 0) is 4.79 Å². The summed E-state index contributed by atoms with van der Waals surface area (Å²) in [5.74, 6) is 0.166. The van der Waals surface area contributed by atoms with Crippen molar-refractivity contribution in [2.45, 2.75) is 45.2 Å². The van der Waals surface area contributed by atoms with Gasteiger partial charge in [-0.05, 0) is 38.8 Å². The van der Waals surface area contributed by atoms with E-state index < -0.39 is 0 Å². The van der Waals surface area contributed by atoms with Crippen LogP contribution in [0.25, 0.3) is 0 Å². The number of hydrogen-bond acceptors (Lipinski definition) is 3. The summed E-state index contributed by atoms with van der Waals surface area (Å²) < 4.78 is 1.73. The maximum Gasteiger partial charge on any atom is 0.247 e. The molecule has 5 heteroatoms. The summed E-state index contributed by atoms with van der Waals surface area (Å²) in [4.78, 5) is 14.5. The van der Waals surface area contributed by atoms with Crippen molar-refractivity contribution in [1.82, 2.24) is 20.0 Å². The Morgan fingerprint density at radius 3 is 3.05 bits per heavy atom. The summed E-state index contributed by atoms with van der Waals surface area (Å²) in [6.45, 7) is 6.75. The van der Waals surface area contributed by atoms with Gasteiger partial charge in [0.15, 0.2) is 0 Å². The lowest BCUT2D eigenvalue weighted by Gasteiger charge is -2.28. The third-order valence-corrected chi connectivity index (χ3v) is 3.69. The van der Waals surface area contributed by atoms with Crippen LogP contribution in [0.15, 0.2) is 18.5 Å². The molecule has 0 bridgehead atoms. The molecule has 2 heterocycles. The zero-order valence-corrected chi connectivity index (χ0v) is 11.9. The van der Waals surface area contributed by atoms with Crippen LogP contribution in [0.4, 0.5) is 0 Å². The number of rotatable bonds is 6. The summed E-state index contributed by atoms with van der Waals surface area (Å²) in [5, 5.41) is 7.62. The quantitative estimate of drug-likeness (QED) is 0.845. The van der Waals surface area contributed by atoms with E-state index in [1.165, 1.54) is 12.8 Å². The molecule has 0 saturated carbocycles. The molecule has 1 aromatic heterocycles. The zero-order chi connectivity index (χ0) is 13.7. The molecule has 2 unspecified atom stereocenters. The van der Waals surface area contributed by atoms with Crippen LogP contribution >= 0.6 is 0 Å². The van der Waals surface area contributed by atoms with Gasteiger partial charge in [-0.2, -0.15) is 5.10 Å². The van der Waals surface area contributed by atoms with Crippen LogP contribution in [0.2, 0.25) is 0 Å². The number of nitrogens with one attached hydrogen (secondary N) is 1. The van der Waals surface area contributed by atoms with E-state index in [1.54, 1.807) is 10.9 Å². The molecule has 2 atom stereocenters. The lowest BCUT2D eigenvalue weighted by atomic mass is 10.2. The zero-order valence-electron chi connectivity index (χ0n) is 11.9. The van der Waals surface area contributed by atoms with Gasteiger partial charge in [-0.3, -0.25) is 9.48 Å². The first-order chi connectivity index (χ1) is 9.22. The highest BCUT2D eigenvalue weighted by atomic mass is 16.2. The van der Waals surface area contributed by atoms with E-state index in [2.05, 4.69) is 17.3 Å². The monoisotopic (exact) mass is 264 g/mol. The Hall–Kier alpha value is -1.36. The molecule has 1 amide bonds. The first-order valence-corrected chi connectivity index (χ1v) is 7.23. The Balaban J connectivity index is 1.98. The number of aromatic nitrogens is 2. The second-order valence-corrected chi connectivity index (χ2v) is 5.24.